The van der Waals surface area contributed by atoms with Crippen molar-refractivity contribution in [2.75, 3.05) is 13.1 Å². The Kier molecular flexibility index (Phi) is 5.30. The Morgan fingerprint density at radius 2 is 2.05 bits per heavy atom. The summed E-state index contributed by atoms with van der Waals surface area (Å²) in [7, 11) is 0. The highest BCUT2D eigenvalue weighted by atomic mass is 35.5. The first-order valence-electron chi connectivity index (χ1n) is 6.88. The molecular formula is C15H19Cl2NO2. The maximum atomic E-state index is 10.7. The van der Waals surface area contributed by atoms with Gasteiger partial charge in [-0.2, -0.15) is 0 Å². The predicted octanol–water partition coefficient (Wildman–Crippen LogP) is 4.24. The summed E-state index contributed by atoms with van der Waals surface area (Å²) in [4.78, 5) is 13.1. The Labute approximate surface area is 129 Å². The molecule has 0 aliphatic carbocycles. The van der Waals surface area contributed by atoms with Crippen molar-refractivity contribution < 1.29 is 9.90 Å². The molecule has 0 radical (unpaired) electrons. The molecular weight excluding hydrogens is 297 g/mol. The number of halogens is 2. The fraction of sp³-hybridized carbons (Fsp3) is 0.533. The fourth-order valence-corrected chi connectivity index (χ4v) is 3.30. The van der Waals surface area contributed by atoms with E-state index in [1.165, 1.54) is 0 Å². The van der Waals surface area contributed by atoms with Crippen molar-refractivity contribution in [1.29, 1.82) is 0 Å². The van der Waals surface area contributed by atoms with Crippen LogP contribution in [0.5, 0.6) is 0 Å². The molecule has 0 aromatic heterocycles. The molecule has 110 valence electrons. The van der Waals surface area contributed by atoms with Gasteiger partial charge in [0.1, 0.15) is 0 Å². The monoisotopic (exact) mass is 315 g/mol. The van der Waals surface area contributed by atoms with Crippen LogP contribution < -0.4 is 0 Å². The van der Waals surface area contributed by atoms with Gasteiger partial charge < -0.3 is 5.11 Å². The van der Waals surface area contributed by atoms with Gasteiger partial charge in [0.15, 0.2) is 0 Å². The summed E-state index contributed by atoms with van der Waals surface area (Å²) in [6.07, 6.45) is 2.13. The lowest BCUT2D eigenvalue weighted by Crippen LogP contribution is -2.36. The molecule has 0 spiro atoms. The van der Waals surface area contributed by atoms with E-state index in [2.05, 4.69) is 11.8 Å². The lowest BCUT2D eigenvalue weighted by atomic mass is 9.92. The standard InChI is InChI=1S/C15H19Cl2NO2/c1-10(12-3-2-4-13(16)15(12)17)18-7-5-11(6-8-18)9-14(19)20/h2-4,10-11H,5-9H2,1H3,(H,19,20). The molecule has 0 saturated carbocycles. The van der Waals surface area contributed by atoms with Crippen LogP contribution in [0.25, 0.3) is 0 Å². The minimum atomic E-state index is -0.700. The zero-order chi connectivity index (χ0) is 14.7. The fourth-order valence-electron chi connectivity index (χ4n) is 2.83. The minimum Gasteiger partial charge on any atom is -0.481 e. The molecule has 1 aliphatic rings. The van der Waals surface area contributed by atoms with Gasteiger partial charge in [0, 0.05) is 12.5 Å². The van der Waals surface area contributed by atoms with Crippen LogP contribution >= 0.6 is 23.2 Å². The molecule has 1 aliphatic heterocycles. The van der Waals surface area contributed by atoms with E-state index in [1.807, 2.05) is 12.1 Å². The Hall–Kier alpha value is -0.770. The number of hydrogen-bond donors (Lipinski definition) is 1. The molecule has 5 heteroatoms. The van der Waals surface area contributed by atoms with Gasteiger partial charge in [-0.25, -0.2) is 0 Å². The number of carbonyl (C=O) groups is 1. The number of piperidine rings is 1. The molecule has 1 aromatic carbocycles. The third-order valence-corrected chi connectivity index (χ3v) is 4.93. The second-order valence-electron chi connectivity index (χ2n) is 5.40. The van der Waals surface area contributed by atoms with Crippen LogP contribution in [0.3, 0.4) is 0 Å². The first kappa shape index (κ1) is 15.6. The third-order valence-electron chi connectivity index (χ3n) is 4.09. The molecule has 1 atom stereocenters. The van der Waals surface area contributed by atoms with E-state index in [4.69, 9.17) is 28.3 Å². The van der Waals surface area contributed by atoms with Crippen LogP contribution in [0.4, 0.5) is 0 Å². The Morgan fingerprint density at radius 3 is 2.65 bits per heavy atom. The number of aliphatic carboxylic acids is 1. The number of benzene rings is 1. The Balaban J connectivity index is 1.99. The molecule has 0 amide bonds. The highest BCUT2D eigenvalue weighted by Crippen LogP contribution is 2.34. The van der Waals surface area contributed by atoms with Crippen LogP contribution in [0.2, 0.25) is 10.0 Å². The van der Waals surface area contributed by atoms with Crippen molar-refractivity contribution in [3.63, 3.8) is 0 Å². The molecule has 2 rings (SSSR count). The van der Waals surface area contributed by atoms with E-state index < -0.39 is 5.97 Å². The smallest absolute Gasteiger partial charge is 0.303 e. The molecule has 1 heterocycles. The zero-order valence-corrected chi connectivity index (χ0v) is 13.0. The Bertz CT molecular complexity index is 485. The SMILES string of the molecule is CC(c1cccc(Cl)c1Cl)N1CCC(CC(=O)O)CC1. The first-order chi connectivity index (χ1) is 9.49. The molecule has 1 aromatic rings. The van der Waals surface area contributed by atoms with Gasteiger partial charge in [0.25, 0.3) is 0 Å². The van der Waals surface area contributed by atoms with Crippen LogP contribution in [-0.2, 0) is 4.79 Å². The second kappa shape index (κ2) is 6.79. The number of nitrogens with zero attached hydrogens (tertiary/aromatic N) is 1. The summed E-state index contributed by atoms with van der Waals surface area (Å²) in [6.45, 7) is 3.93. The zero-order valence-electron chi connectivity index (χ0n) is 11.5. The van der Waals surface area contributed by atoms with Gasteiger partial charge in [-0.1, -0.05) is 35.3 Å². The van der Waals surface area contributed by atoms with Crippen molar-refractivity contribution in [2.45, 2.75) is 32.2 Å². The number of likely N-dealkylation sites (tertiary alicyclic amines) is 1. The lowest BCUT2D eigenvalue weighted by molar-refractivity contribution is -0.138. The van der Waals surface area contributed by atoms with E-state index in [0.717, 1.165) is 31.5 Å². The Morgan fingerprint density at radius 1 is 1.40 bits per heavy atom. The lowest BCUT2D eigenvalue weighted by Gasteiger charge is -2.36. The number of carboxylic acid groups (broad SMARTS) is 1. The summed E-state index contributed by atoms with van der Waals surface area (Å²) in [5, 5.41) is 10.0. The van der Waals surface area contributed by atoms with Crippen molar-refractivity contribution in [3.8, 4) is 0 Å². The molecule has 0 bridgehead atoms. The normalized spacial score (nSPS) is 18.9. The van der Waals surface area contributed by atoms with Crippen molar-refractivity contribution in [1.82, 2.24) is 4.90 Å². The molecule has 1 N–H and O–H groups in total. The van der Waals surface area contributed by atoms with Gasteiger partial charge >= 0.3 is 5.97 Å². The van der Waals surface area contributed by atoms with Crippen LogP contribution in [0.1, 0.15) is 37.8 Å². The van der Waals surface area contributed by atoms with Gasteiger partial charge in [-0.3, -0.25) is 9.69 Å². The molecule has 1 saturated heterocycles. The van der Waals surface area contributed by atoms with Crippen LogP contribution in [-0.4, -0.2) is 29.1 Å². The van der Waals surface area contributed by atoms with E-state index in [0.29, 0.717) is 16.0 Å². The summed E-state index contributed by atoms with van der Waals surface area (Å²) < 4.78 is 0. The highest BCUT2D eigenvalue weighted by Gasteiger charge is 2.26. The number of hydrogen-bond acceptors (Lipinski definition) is 2. The van der Waals surface area contributed by atoms with E-state index in [9.17, 15) is 4.79 Å². The maximum absolute atomic E-state index is 10.7. The highest BCUT2D eigenvalue weighted by molar-refractivity contribution is 6.42. The average Bonchev–Trinajstić information content (AvgIpc) is 2.41. The second-order valence-corrected chi connectivity index (χ2v) is 6.18. The summed E-state index contributed by atoms with van der Waals surface area (Å²) in [6, 6.07) is 5.91. The van der Waals surface area contributed by atoms with Crippen molar-refractivity contribution >= 4 is 29.2 Å². The van der Waals surface area contributed by atoms with Crippen LogP contribution in [0, 0.1) is 5.92 Å². The topological polar surface area (TPSA) is 40.5 Å². The minimum absolute atomic E-state index is 0.201. The van der Waals surface area contributed by atoms with Gasteiger partial charge in [-0.15, -0.1) is 0 Å². The molecule has 1 fully saturated rings. The van der Waals surface area contributed by atoms with Crippen LogP contribution in [0.15, 0.2) is 18.2 Å². The number of carboxylic acids is 1. The van der Waals surface area contributed by atoms with Crippen molar-refractivity contribution in [2.24, 2.45) is 5.92 Å². The number of rotatable bonds is 4. The summed E-state index contributed by atoms with van der Waals surface area (Å²) in [5.74, 6) is -0.403. The third kappa shape index (κ3) is 3.66. The average molecular weight is 316 g/mol. The van der Waals surface area contributed by atoms with E-state index >= 15 is 0 Å². The molecule has 20 heavy (non-hydrogen) atoms. The quantitative estimate of drug-likeness (QED) is 0.903. The maximum Gasteiger partial charge on any atom is 0.303 e. The van der Waals surface area contributed by atoms with Gasteiger partial charge in [0.2, 0.25) is 0 Å². The summed E-state index contributed by atoms with van der Waals surface area (Å²) in [5.41, 5.74) is 1.04. The van der Waals surface area contributed by atoms with E-state index in [1.54, 1.807) is 6.07 Å². The van der Waals surface area contributed by atoms with Gasteiger partial charge in [0.05, 0.1) is 10.0 Å². The predicted molar refractivity (Wildman–Crippen MR) is 81.4 cm³/mol. The first-order valence-corrected chi connectivity index (χ1v) is 7.64. The molecule has 1 unspecified atom stereocenters. The van der Waals surface area contributed by atoms with Gasteiger partial charge in [-0.05, 0) is 50.4 Å². The van der Waals surface area contributed by atoms with E-state index in [-0.39, 0.29) is 12.5 Å². The summed E-state index contributed by atoms with van der Waals surface area (Å²) >= 11 is 12.3. The largest absolute Gasteiger partial charge is 0.481 e. The van der Waals surface area contributed by atoms with Crippen molar-refractivity contribution in [3.05, 3.63) is 33.8 Å². The molecule has 3 nitrogen and oxygen atoms in total.